The second-order valence-electron chi connectivity index (χ2n) is 4.16. The van der Waals surface area contributed by atoms with Crippen LogP contribution in [0.2, 0.25) is 0 Å². The number of pyridine rings is 1. The molecule has 3 N–H and O–H groups in total. The van der Waals surface area contributed by atoms with Gasteiger partial charge in [0.05, 0.1) is 25.4 Å². The molecule has 1 amide bonds. The third kappa shape index (κ3) is 3.44. The molecule has 1 aromatic heterocycles. The number of aromatic nitrogens is 1. The fraction of sp³-hybridized carbons (Fsp3) is 0.143. The van der Waals surface area contributed by atoms with Crippen molar-refractivity contribution in [3.8, 4) is 5.75 Å². The highest BCUT2D eigenvalue weighted by Crippen LogP contribution is 2.21. The number of nitrogens with one attached hydrogen (secondary N) is 1. The number of nitrogens with zero attached hydrogens (tertiary/aromatic N) is 1. The van der Waals surface area contributed by atoms with Crippen LogP contribution < -0.4 is 15.8 Å². The topological polar surface area (TPSA) is 77.2 Å². The Bertz CT molecular complexity index is 614. The minimum Gasteiger partial charge on any atom is -0.494 e. The number of hydrogen-bond acceptors (Lipinski definition) is 4. The van der Waals surface area contributed by atoms with Gasteiger partial charge in [0.2, 0.25) is 5.91 Å². The highest BCUT2D eigenvalue weighted by Gasteiger charge is 2.08. The molecule has 0 aliphatic heterocycles. The van der Waals surface area contributed by atoms with Gasteiger partial charge in [0, 0.05) is 17.4 Å². The molecule has 2 aromatic rings. The van der Waals surface area contributed by atoms with Gasteiger partial charge < -0.3 is 15.8 Å². The smallest absolute Gasteiger partial charge is 0.230 e. The Morgan fingerprint density at radius 2 is 2.20 bits per heavy atom. The Kier molecular flexibility index (Phi) is 4.14. The fourth-order valence-electron chi connectivity index (χ4n) is 1.65. The molecule has 0 saturated heterocycles. The third-order valence-electron chi connectivity index (χ3n) is 2.62. The van der Waals surface area contributed by atoms with Gasteiger partial charge >= 0.3 is 0 Å². The van der Waals surface area contributed by atoms with E-state index in [4.69, 9.17) is 10.5 Å². The Morgan fingerprint density at radius 1 is 1.40 bits per heavy atom. The van der Waals surface area contributed by atoms with Crippen LogP contribution in [0.15, 0.2) is 36.5 Å². The Balaban J connectivity index is 2.02. The zero-order valence-corrected chi connectivity index (χ0v) is 10.9. The number of anilines is 2. The van der Waals surface area contributed by atoms with Crippen LogP contribution in [0.3, 0.4) is 0 Å². The molecule has 20 heavy (non-hydrogen) atoms. The molecule has 0 aliphatic carbocycles. The van der Waals surface area contributed by atoms with Crippen LogP contribution in [-0.4, -0.2) is 18.0 Å². The Morgan fingerprint density at radius 3 is 2.85 bits per heavy atom. The average Bonchev–Trinajstić information content (AvgIpc) is 2.43. The highest BCUT2D eigenvalue weighted by atomic mass is 19.1. The minimum atomic E-state index is -0.481. The van der Waals surface area contributed by atoms with E-state index in [0.717, 1.165) is 0 Å². The monoisotopic (exact) mass is 275 g/mol. The summed E-state index contributed by atoms with van der Waals surface area (Å²) in [5.74, 6) is -0.657. The van der Waals surface area contributed by atoms with Gasteiger partial charge in [-0.15, -0.1) is 0 Å². The van der Waals surface area contributed by atoms with Crippen LogP contribution in [0.4, 0.5) is 15.8 Å². The van der Waals surface area contributed by atoms with E-state index >= 15 is 0 Å². The van der Waals surface area contributed by atoms with Gasteiger partial charge in [0.15, 0.2) is 11.6 Å². The summed E-state index contributed by atoms with van der Waals surface area (Å²) in [6, 6.07) is 7.47. The van der Waals surface area contributed by atoms with Crippen LogP contribution in [0, 0.1) is 5.82 Å². The summed E-state index contributed by atoms with van der Waals surface area (Å²) in [4.78, 5) is 15.9. The first-order chi connectivity index (χ1) is 9.58. The first-order valence-electron chi connectivity index (χ1n) is 5.92. The van der Waals surface area contributed by atoms with Gasteiger partial charge in [-0.1, -0.05) is 0 Å². The maximum absolute atomic E-state index is 13.2. The largest absolute Gasteiger partial charge is 0.494 e. The molecule has 104 valence electrons. The molecular weight excluding hydrogens is 261 g/mol. The molecule has 2 rings (SSSR count). The molecule has 0 aliphatic rings. The second kappa shape index (κ2) is 6.01. The molecule has 0 atom stereocenters. The van der Waals surface area contributed by atoms with Crippen LogP contribution in [0.1, 0.15) is 5.69 Å². The summed E-state index contributed by atoms with van der Waals surface area (Å²) >= 11 is 0. The molecule has 0 bridgehead atoms. The van der Waals surface area contributed by atoms with Crippen molar-refractivity contribution >= 4 is 17.3 Å². The lowest BCUT2D eigenvalue weighted by Crippen LogP contribution is -2.15. The number of rotatable bonds is 4. The molecule has 0 saturated carbocycles. The van der Waals surface area contributed by atoms with Crippen molar-refractivity contribution in [2.24, 2.45) is 0 Å². The van der Waals surface area contributed by atoms with E-state index in [0.29, 0.717) is 17.1 Å². The SMILES string of the molecule is COc1cc(NC(=O)Cc2ccc(N)cn2)ccc1F. The number of amides is 1. The number of benzene rings is 1. The number of nitrogen functional groups attached to an aromatic ring is 1. The predicted molar refractivity (Wildman–Crippen MR) is 73.9 cm³/mol. The normalized spacial score (nSPS) is 10.1. The summed E-state index contributed by atoms with van der Waals surface area (Å²) in [6.45, 7) is 0. The Labute approximate surface area is 115 Å². The van der Waals surface area contributed by atoms with Crippen LogP contribution in [0.25, 0.3) is 0 Å². The zero-order valence-electron chi connectivity index (χ0n) is 10.9. The summed E-state index contributed by atoms with van der Waals surface area (Å²) in [5.41, 5.74) is 7.12. The van der Waals surface area contributed by atoms with E-state index in [1.807, 2.05) is 0 Å². The molecule has 0 fully saturated rings. The summed E-state index contributed by atoms with van der Waals surface area (Å²) in [6.07, 6.45) is 1.60. The quantitative estimate of drug-likeness (QED) is 0.894. The lowest BCUT2D eigenvalue weighted by molar-refractivity contribution is -0.115. The molecule has 0 radical (unpaired) electrons. The molecule has 5 nitrogen and oxygen atoms in total. The van der Waals surface area contributed by atoms with Gasteiger partial charge in [-0.05, 0) is 24.3 Å². The van der Waals surface area contributed by atoms with E-state index in [1.54, 1.807) is 12.1 Å². The first kappa shape index (κ1) is 13.8. The highest BCUT2D eigenvalue weighted by molar-refractivity contribution is 5.92. The zero-order chi connectivity index (χ0) is 14.5. The maximum Gasteiger partial charge on any atom is 0.230 e. The molecular formula is C14H14FN3O2. The van der Waals surface area contributed by atoms with Crippen molar-refractivity contribution in [3.63, 3.8) is 0 Å². The summed E-state index contributed by atoms with van der Waals surface area (Å²) in [5, 5.41) is 2.65. The summed E-state index contributed by atoms with van der Waals surface area (Å²) in [7, 11) is 1.36. The fourth-order valence-corrected chi connectivity index (χ4v) is 1.65. The van der Waals surface area contributed by atoms with E-state index in [-0.39, 0.29) is 18.1 Å². The van der Waals surface area contributed by atoms with E-state index in [1.165, 1.54) is 31.5 Å². The number of carbonyl (C=O) groups excluding carboxylic acids is 1. The number of nitrogens with two attached hydrogens (primary N) is 1. The third-order valence-corrected chi connectivity index (χ3v) is 2.62. The molecule has 1 aromatic carbocycles. The number of ether oxygens (including phenoxy) is 1. The Hall–Kier alpha value is -2.63. The molecule has 6 heteroatoms. The molecule has 1 heterocycles. The van der Waals surface area contributed by atoms with Crippen molar-refractivity contribution in [3.05, 3.63) is 48.0 Å². The van der Waals surface area contributed by atoms with Gasteiger partial charge in [-0.3, -0.25) is 9.78 Å². The lowest BCUT2D eigenvalue weighted by Gasteiger charge is -2.07. The number of carbonyl (C=O) groups is 1. The second-order valence-corrected chi connectivity index (χ2v) is 4.16. The van der Waals surface area contributed by atoms with Crippen molar-refractivity contribution in [2.75, 3.05) is 18.2 Å². The van der Waals surface area contributed by atoms with Gasteiger partial charge in [0.25, 0.3) is 0 Å². The van der Waals surface area contributed by atoms with Crippen LogP contribution >= 0.6 is 0 Å². The molecule has 0 unspecified atom stereocenters. The van der Waals surface area contributed by atoms with Crippen molar-refractivity contribution in [2.45, 2.75) is 6.42 Å². The van der Waals surface area contributed by atoms with E-state index in [2.05, 4.69) is 10.3 Å². The predicted octanol–water partition coefficient (Wildman–Crippen LogP) is 1.99. The van der Waals surface area contributed by atoms with Gasteiger partial charge in [-0.2, -0.15) is 0 Å². The van der Waals surface area contributed by atoms with Crippen molar-refractivity contribution in [1.82, 2.24) is 4.98 Å². The van der Waals surface area contributed by atoms with Gasteiger partial charge in [-0.25, -0.2) is 4.39 Å². The standard InChI is InChI=1S/C14H14FN3O2/c1-20-13-6-11(4-5-12(13)15)18-14(19)7-10-3-2-9(16)8-17-10/h2-6,8H,7,16H2,1H3,(H,18,19). The molecule has 0 spiro atoms. The van der Waals surface area contributed by atoms with Crippen molar-refractivity contribution < 1.29 is 13.9 Å². The number of methoxy groups -OCH3 is 1. The lowest BCUT2D eigenvalue weighted by atomic mass is 10.2. The first-order valence-corrected chi connectivity index (χ1v) is 5.92. The van der Waals surface area contributed by atoms with Crippen molar-refractivity contribution in [1.29, 1.82) is 0 Å². The van der Waals surface area contributed by atoms with Gasteiger partial charge in [0.1, 0.15) is 0 Å². The van der Waals surface area contributed by atoms with Crippen LogP contribution in [0.5, 0.6) is 5.75 Å². The summed E-state index contributed by atoms with van der Waals surface area (Å²) < 4.78 is 18.1. The average molecular weight is 275 g/mol. The minimum absolute atomic E-state index is 0.0772. The van der Waals surface area contributed by atoms with Crippen LogP contribution in [-0.2, 0) is 11.2 Å². The van der Waals surface area contributed by atoms with E-state index < -0.39 is 5.82 Å². The maximum atomic E-state index is 13.2. The van der Waals surface area contributed by atoms with E-state index in [9.17, 15) is 9.18 Å². The number of halogens is 1. The number of hydrogen-bond donors (Lipinski definition) is 2.